The minimum Gasteiger partial charge on any atom is -0.353 e. The van der Waals surface area contributed by atoms with Gasteiger partial charge in [0.2, 0.25) is 5.95 Å². The molecule has 0 radical (unpaired) electrons. The largest absolute Gasteiger partial charge is 0.355 e. The summed E-state index contributed by atoms with van der Waals surface area (Å²) in [4.78, 5) is 44.3. The number of rotatable bonds is 6. The van der Waals surface area contributed by atoms with Gasteiger partial charge in [-0.3, -0.25) is 9.36 Å². The highest BCUT2D eigenvalue weighted by atomic mass is 19.2. The maximum Gasteiger partial charge on any atom is 0.355 e. The van der Waals surface area contributed by atoms with E-state index in [0.717, 1.165) is 47.0 Å². The second kappa shape index (κ2) is 8.85. The molecule has 2 heterocycles. The van der Waals surface area contributed by atoms with E-state index in [1.54, 1.807) is 6.07 Å². The van der Waals surface area contributed by atoms with Gasteiger partial charge in [0.15, 0.2) is 17.5 Å². The molecule has 0 saturated heterocycles. The van der Waals surface area contributed by atoms with Gasteiger partial charge in [0.1, 0.15) is 0 Å². The van der Waals surface area contributed by atoms with E-state index in [1.807, 2.05) is 0 Å². The van der Waals surface area contributed by atoms with Crippen LogP contribution in [-0.2, 0) is 13.1 Å². The third kappa shape index (κ3) is 4.36. The molecule has 1 saturated carbocycles. The number of anilines is 1. The molecule has 11 heteroatoms. The summed E-state index contributed by atoms with van der Waals surface area (Å²) in [5.74, 6) is -4.45. The number of hydrogen-bond donors (Lipinski definition) is 2. The molecule has 0 spiro atoms. The molecule has 0 amide bonds. The average Bonchev–Trinajstić information content (AvgIpc) is 3.26. The Labute approximate surface area is 179 Å². The highest BCUT2D eigenvalue weighted by molar-refractivity contribution is 5.29. The number of aromatic nitrogens is 4. The van der Waals surface area contributed by atoms with Crippen molar-refractivity contribution in [2.75, 3.05) is 5.32 Å². The first-order valence-corrected chi connectivity index (χ1v) is 10.1. The quantitative estimate of drug-likeness (QED) is 0.563. The lowest BCUT2D eigenvalue weighted by Gasteiger charge is -2.19. The molecule has 32 heavy (non-hydrogen) atoms. The van der Waals surface area contributed by atoms with Crippen LogP contribution in [0.15, 0.2) is 44.8 Å². The Morgan fingerprint density at radius 2 is 1.72 bits per heavy atom. The van der Waals surface area contributed by atoms with E-state index in [-0.39, 0.29) is 36.2 Å². The lowest BCUT2D eigenvalue weighted by Crippen LogP contribution is -2.44. The Morgan fingerprint density at radius 3 is 2.38 bits per heavy atom. The van der Waals surface area contributed by atoms with E-state index in [0.29, 0.717) is 0 Å². The lowest BCUT2D eigenvalue weighted by molar-refractivity contribution is 0.444. The van der Waals surface area contributed by atoms with E-state index in [2.05, 4.69) is 15.3 Å². The molecule has 2 N–H and O–H groups in total. The van der Waals surface area contributed by atoms with E-state index >= 15 is 0 Å². The van der Waals surface area contributed by atoms with Crippen LogP contribution in [0.4, 0.5) is 19.1 Å². The normalized spacial score (nSPS) is 14.1. The first kappa shape index (κ1) is 21.6. The summed E-state index contributed by atoms with van der Waals surface area (Å²) in [5.41, 5.74) is -2.02. The van der Waals surface area contributed by atoms with Gasteiger partial charge in [0.25, 0.3) is 5.56 Å². The van der Waals surface area contributed by atoms with E-state index in [4.69, 9.17) is 0 Å². The van der Waals surface area contributed by atoms with Crippen molar-refractivity contribution in [2.45, 2.75) is 44.8 Å². The van der Waals surface area contributed by atoms with Crippen molar-refractivity contribution >= 4 is 5.95 Å². The minimum absolute atomic E-state index is 0.0120. The second-order valence-electron chi connectivity index (χ2n) is 7.70. The zero-order valence-electron chi connectivity index (χ0n) is 16.9. The standard InChI is InChI=1S/C21H20F3N5O3/c22-15-8-12(9-16(23)17(15)24)10-28-19(26-14-5-1-2-6-14)27-20(31)29(21(28)32)11-13-4-3-7-25-18(13)30/h3-4,7-9,14H,1-2,5-6,10-11H2,(H,25,30)(H,26,27,31). The summed E-state index contributed by atoms with van der Waals surface area (Å²) in [7, 11) is 0. The van der Waals surface area contributed by atoms with Crippen LogP contribution in [-0.4, -0.2) is 25.1 Å². The number of pyridine rings is 1. The van der Waals surface area contributed by atoms with Crippen LogP contribution in [0, 0.1) is 17.5 Å². The Kier molecular flexibility index (Phi) is 5.97. The van der Waals surface area contributed by atoms with Crippen LogP contribution in [0.2, 0.25) is 0 Å². The van der Waals surface area contributed by atoms with Crippen molar-refractivity contribution in [1.29, 1.82) is 0 Å². The molecule has 0 bridgehead atoms. The van der Waals surface area contributed by atoms with Gasteiger partial charge in [0, 0.05) is 17.8 Å². The van der Waals surface area contributed by atoms with Gasteiger partial charge in [-0.05, 0) is 36.6 Å². The van der Waals surface area contributed by atoms with Gasteiger partial charge < -0.3 is 10.3 Å². The molecule has 1 fully saturated rings. The molecule has 3 aromatic rings. The number of hydrogen-bond acceptors (Lipinski definition) is 5. The highest BCUT2D eigenvalue weighted by Gasteiger charge is 2.21. The molecular formula is C21H20F3N5O3. The van der Waals surface area contributed by atoms with Gasteiger partial charge in [-0.25, -0.2) is 27.3 Å². The Morgan fingerprint density at radius 1 is 1.03 bits per heavy atom. The predicted molar refractivity (Wildman–Crippen MR) is 110 cm³/mol. The second-order valence-corrected chi connectivity index (χ2v) is 7.70. The molecular weight excluding hydrogens is 427 g/mol. The topological polar surface area (TPSA) is 102 Å². The smallest absolute Gasteiger partial charge is 0.353 e. The average molecular weight is 447 g/mol. The molecule has 0 unspecified atom stereocenters. The van der Waals surface area contributed by atoms with Crippen LogP contribution >= 0.6 is 0 Å². The van der Waals surface area contributed by atoms with Gasteiger partial charge in [-0.2, -0.15) is 4.98 Å². The summed E-state index contributed by atoms with van der Waals surface area (Å²) in [5, 5.41) is 3.06. The number of H-pyrrole nitrogens is 1. The Bertz CT molecular complexity index is 1300. The maximum atomic E-state index is 13.7. The van der Waals surface area contributed by atoms with Gasteiger partial charge >= 0.3 is 11.4 Å². The summed E-state index contributed by atoms with van der Waals surface area (Å²) >= 11 is 0. The monoisotopic (exact) mass is 447 g/mol. The Hall–Kier alpha value is -3.63. The zero-order valence-corrected chi connectivity index (χ0v) is 16.9. The lowest BCUT2D eigenvalue weighted by atomic mass is 10.2. The maximum absolute atomic E-state index is 13.7. The molecule has 2 aromatic heterocycles. The highest BCUT2D eigenvalue weighted by Crippen LogP contribution is 2.21. The van der Waals surface area contributed by atoms with E-state index in [1.165, 1.54) is 12.3 Å². The summed E-state index contributed by atoms with van der Waals surface area (Å²) in [6.07, 6.45) is 5.00. The fourth-order valence-electron chi connectivity index (χ4n) is 3.80. The summed E-state index contributed by atoms with van der Waals surface area (Å²) in [6, 6.07) is 4.56. The van der Waals surface area contributed by atoms with Crippen molar-refractivity contribution in [3.8, 4) is 0 Å². The number of nitrogens with one attached hydrogen (secondary N) is 2. The Balaban J connectivity index is 1.80. The van der Waals surface area contributed by atoms with Crippen LogP contribution in [0.1, 0.15) is 36.8 Å². The third-order valence-corrected chi connectivity index (χ3v) is 5.45. The van der Waals surface area contributed by atoms with Gasteiger partial charge in [0.05, 0.1) is 13.1 Å². The number of benzene rings is 1. The summed E-state index contributed by atoms with van der Waals surface area (Å²) < 4.78 is 42.6. The van der Waals surface area contributed by atoms with Crippen molar-refractivity contribution < 1.29 is 13.2 Å². The molecule has 0 atom stereocenters. The van der Waals surface area contributed by atoms with Crippen LogP contribution in [0.25, 0.3) is 0 Å². The number of halogens is 3. The summed E-state index contributed by atoms with van der Waals surface area (Å²) in [6.45, 7) is -0.697. The molecule has 8 nitrogen and oxygen atoms in total. The molecule has 0 aliphatic heterocycles. The fourth-order valence-corrected chi connectivity index (χ4v) is 3.80. The predicted octanol–water partition coefficient (Wildman–Crippen LogP) is 1.96. The van der Waals surface area contributed by atoms with Crippen molar-refractivity contribution in [1.82, 2.24) is 19.1 Å². The zero-order chi connectivity index (χ0) is 22.8. The molecule has 168 valence electrons. The van der Waals surface area contributed by atoms with Crippen molar-refractivity contribution in [2.24, 2.45) is 0 Å². The van der Waals surface area contributed by atoms with Gasteiger partial charge in [-0.1, -0.05) is 18.9 Å². The first-order valence-electron chi connectivity index (χ1n) is 10.1. The van der Waals surface area contributed by atoms with E-state index < -0.39 is 34.4 Å². The van der Waals surface area contributed by atoms with Crippen molar-refractivity contribution in [3.05, 3.63) is 90.4 Å². The number of aromatic amines is 1. The van der Waals surface area contributed by atoms with E-state index in [9.17, 15) is 27.6 Å². The van der Waals surface area contributed by atoms with Crippen LogP contribution < -0.4 is 22.3 Å². The fraction of sp³-hybridized carbons (Fsp3) is 0.333. The van der Waals surface area contributed by atoms with Crippen LogP contribution in [0.5, 0.6) is 0 Å². The molecule has 1 aliphatic carbocycles. The first-order chi connectivity index (χ1) is 15.3. The molecule has 1 aliphatic rings. The van der Waals surface area contributed by atoms with Crippen LogP contribution in [0.3, 0.4) is 0 Å². The third-order valence-electron chi connectivity index (χ3n) is 5.45. The van der Waals surface area contributed by atoms with Gasteiger partial charge in [-0.15, -0.1) is 0 Å². The minimum atomic E-state index is -1.61. The SMILES string of the molecule is O=c1[nH]cccc1Cn1c(=O)nc(NC2CCCC2)n(Cc2cc(F)c(F)c(F)c2)c1=O. The molecule has 1 aromatic carbocycles. The van der Waals surface area contributed by atoms with Crippen molar-refractivity contribution in [3.63, 3.8) is 0 Å². The number of nitrogens with zero attached hydrogens (tertiary/aromatic N) is 3. The molecule has 4 rings (SSSR count).